The Balaban J connectivity index is 2.21. The van der Waals surface area contributed by atoms with Gasteiger partial charge in [0.05, 0.1) is 11.4 Å². The summed E-state index contributed by atoms with van der Waals surface area (Å²) in [6.45, 7) is 11.4. The highest BCUT2D eigenvalue weighted by Crippen LogP contribution is 2.44. The predicted octanol–water partition coefficient (Wildman–Crippen LogP) is 7.53. The van der Waals surface area contributed by atoms with Crippen molar-refractivity contribution in [3.8, 4) is 0 Å². The van der Waals surface area contributed by atoms with Crippen molar-refractivity contribution in [2.75, 3.05) is 0 Å². The topological polar surface area (TPSA) is 24.7 Å². The molecule has 0 aromatic heterocycles. The van der Waals surface area contributed by atoms with Crippen LogP contribution in [0.2, 0.25) is 0 Å². The van der Waals surface area contributed by atoms with Crippen LogP contribution in [0.5, 0.6) is 0 Å². The Hall–Kier alpha value is -1.44. The molecule has 0 amide bonds. The lowest BCUT2D eigenvalue weighted by molar-refractivity contribution is 0.831. The fourth-order valence-corrected chi connectivity index (χ4v) is 4.22. The molecule has 0 aliphatic heterocycles. The molecule has 2 saturated carbocycles. The summed E-state index contributed by atoms with van der Waals surface area (Å²) in [5.74, 6) is 0.934. The van der Waals surface area contributed by atoms with E-state index in [0.717, 1.165) is 0 Å². The summed E-state index contributed by atoms with van der Waals surface area (Å²) in [5, 5.41) is 0. The molecule has 2 nitrogen and oxygen atoms in total. The van der Waals surface area contributed by atoms with Gasteiger partial charge in [-0.05, 0) is 81.3 Å². The second-order valence-electron chi connectivity index (χ2n) is 8.47. The molecule has 3 rings (SSSR count). The smallest absolute Gasteiger partial charge is 0.0719 e. The van der Waals surface area contributed by atoms with Gasteiger partial charge in [0, 0.05) is 17.0 Å². The van der Waals surface area contributed by atoms with Crippen LogP contribution in [0.3, 0.4) is 0 Å². The summed E-state index contributed by atoms with van der Waals surface area (Å²) in [6.07, 6.45) is 9.89. The second kappa shape index (κ2) is 7.85. The number of aliphatic imine (C=N–C) groups is 2. The minimum absolute atomic E-state index is 0.443. The van der Waals surface area contributed by atoms with Gasteiger partial charge in [-0.3, -0.25) is 9.98 Å². The van der Waals surface area contributed by atoms with E-state index in [0.29, 0.717) is 11.8 Å². The third-order valence-corrected chi connectivity index (χ3v) is 5.63. The van der Waals surface area contributed by atoms with Gasteiger partial charge in [0.15, 0.2) is 0 Å². The number of rotatable bonds is 4. The third kappa shape index (κ3) is 4.04. The maximum atomic E-state index is 5.22. The van der Waals surface area contributed by atoms with Gasteiger partial charge in [-0.1, -0.05) is 33.8 Å². The molecule has 2 aliphatic rings. The summed E-state index contributed by atoms with van der Waals surface area (Å²) in [5.41, 5.74) is 9.34. The monoisotopic (exact) mass is 338 g/mol. The van der Waals surface area contributed by atoms with Crippen LogP contribution in [0.25, 0.3) is 0 Å². The van der Waals surface area contributed by atoms with Crippen molar-refractivity contribution in [1.82, 2.24) is 0 Å². The van der Waals surface area contributed by atoms with E-state index < -0.39 is 0 Å². The molecule has 0 heterocycles. The van der Waals surface area contributed by atoms with Crippen molar-refractivity contribution in [3.05, 3.63) is 22.8 Å². The van der Waals surface area contributed by atoms with Crippen LogP contribution >= 0.6 is 0 Å². The first-order chi connectivity index (χ1) is 12.0. The zero-order valence-corrected chi connectivity index (χ0v) is 16.8. The number of benzene rings is 1. The molecule has 1 aromatic carbocycles. The molecule has 2 aliphatic carbocycles. The number of nitrogens with zero attached hydrogens (tertiary/aromatic N) is 2. The van der Waals surface area contributed by atoms with Gasteiger partial charge < -0.3 is 0 Å². The van der Waals surface area contributed by atoms with Gasteiger partial charge in [0.25, 0.3) is 0 Å². The van der Waals surface area contributed by atoms with Crippen LogP contribution < -0.4 is 0 Å². The Morgan fingerprint density at radius 3 is 1.64 bits per heavy atom. The normalized spacial score (nSPS) is 17.9. The minimum Gasteiger partial charge on any atom is -0.257 e. The van der Waals surface area contributed by atoms with E-state index in [-0.39, 0.29) is 0 Å². The lowest BCUT2D eigenvalue weighted by Crippen LogP contribution is -2.01. The SMILES string of the molecule is Cc1cc(C(C)C)c(N=C2CCCC2)c(C(C)C)c1N=C1CCCC1. The van der Waals surface area contributed by atoms with Crippen molar-refractivity contribution in [2.45, 2.75) is 97.8 Å². The second-order valence-corrected chi connectivity index (χ2v) is 8.47. The van der Waals surface area contributed by atoms with Crippen LogP contribution in [-0.4, -0.2) is 11.4 Å². The molecule has 0 spiro atoms. The molecule has 0 N–H and O–H groups in total. The van der Waals surface area contributed by atoms with Crippen LogP contribution in [0.4, 0.5) is 11.4 Å². The Kier molecular flexibility index (Phi) is 5.76. The summed E-state index contributed by atoms with van der Waals surface area (Å²) in [7, 11) is 0. The predicted molar refractivity (Wildman–Crippen MR) is 110 cm³/mol. The van der Waals surface area contributed by atoms with Crippen LogP contribution in [0, 0.1) is 6.92 Å². The van der Waals surface area contributed by atoms with Gasteiger partial charge in [-0.15, -0.1) is 0 Å². The average molecular weight is 339 g/mol. The summed E-state index contributed by atoms with van der Waals surface area (Å²) in [4.78, 5) is 10.4. The highest BCUT2D eigenvalue weighted by Gasteiger charge is 2.22. The van der Waals surface area contributed by atoms with Crippen molar-refractivity contribution < 1.29 is 0 Å². The maximum Gasteiger partial charge on any atom is 0.0719 e. The van der Waals surface area contributed by atoms with Crippen molar-refractivity contribution in [2.24, 2.45) is 9.98 Å². The van der Waals surface area contributed by atoms with E-state index in [1.807, 2.05) is 0 Å². The Bertz CT molecular complexity index is 677. The number of hydrogen-bond donors (Lipinski definition) is 0. The molecule has 0 atom stereocenters. The number of aryl methyl sites for hydroxylation is 1. The highest BCUT2D eigenvalue weighted by atomic mass is 14.8. The molecule has 2 heteroatoms. The molecular weight excluding hydrogens is 304 g/mol. The van der Waals surface area contributed by atoms with Crippen molar-refractivity contribution >= 4 is 22.8 Å². The van der Waals surface area contributed by atoms with E-state index in [1.54, 1.807) is 0 Å². The summed E-state index contributed by atoms with van der Waals surface area (Å²) >= 11 is 0. The first-order valence-electron chi connectivity index (χ1n) is 10.3. The van der Waals surface area contributed by atoms with Crippen LogP contribution in [-0.2, 0) is 0 Å². The molecule has 2 fully saturated rings. The highest BCUT2D eigenvalue weighted by molar-refractivity contribution is 5.92. The Morgan fingerprint density at radius 2 is 1.20 bits per heavy atom. The molecule has 25 heavy (non-hydrogen) atoms. The zero-order valence-electron chi connectivity index (χ0n) is 16.8. The van der Waals surface area contributed by atoms with Crippen molar-refractivity contribution in [3.63, 3.8) is 0 Å². The van der Waals surface area contributed by atoms with Gasteiger partial charge in [0.1, 0.15) is 0 Å². The maximum absolute atomic E-state index is 5.22. The van der Waals surface area contributed by atoms with Gasteiger partial charge in [0.2, 0.25) is 0 Å². The van der Waals surface area contributed by atoms with Crippen molar-refractivity contribution in [1.29, 1.82) is 0 Å². The first-order valence-corrected chi connectivity index (χ1v) is 10.3. The molecule has 0 unspecified atom stereocenters. The van der Waals surface area contributed by atoms with E-state index in [9.17, 15) is 0 Å². The standard InChI is InChI=1S/C23H34N2/c1-15(2)20-14-17(5)22(24-18-10-6-7-11-18)21(16(3)4)23(20)25-19-12-8-9-13-19/h14-16H,6-13H2,1-5H3. The average Bonchev–Trinajstić information content (AvgIpc) is 3.23. The zero-order chi connectivity index (χ0) is 18.0. The third-order valence-electron chi connectivity index (χ3n) is 5.63. The molecule has 136 valence electrons. The molecule has 0 radical (unpaired) electrons. The Labute approximate surface area is 153 Å². The van der Waals surface area contributed by atoms with Gasteiger partial charge >= 0.3 is 0 Å². The van der Waals surface area contributed by atoms with Gasteiger partial charge in [-0.25, -0.2) is 0 Å². The van der Waals surface area contributed by atoms with Crippen LogP contribution in [0.1, 0.15) is 108 Å². The molecule has 0 saturated heterocycles. The summed E-state index contributed by atoms with van der Waals surface area (Å²) in [6, 6.07) is 2.36. The van der Waals surface area contributed by atoms with E-state index in [4.69, 9.17) is 9.98 Å². The summed E-state index contributed by atoms with van der Waals surface area (Å²) < 4.78 is 0. The minimum atomic E-state index is 0.443. The molecule has 1 aromatic rings. The lowest BCUT2D eigenvalue weighted by atomic mass is 9.88. The lowest BCUT2D eigenvalue weighted by Gasteiger charge is -2.22. The van der Waals surface area contributed by atoms with E-state index in [2.05, 4.69) is 40.7 Å². The molecule has 0 bridgehead atoms. The van der Waals surface area contributed by atoms with E-state index in [1.165, 1.54) is 90.9 Å². The van der Waals surface area contributed by atoms with Crippen LogP contribution in [0.15, 0.2) is 16.1 Å². The van der Waals surface area contributed by atoms with Gasteiger partial charge in [-0.2, -0.15) is 0 Å². The van der Waals surface area contributed by atoms with E-state index >= 15 is 0 Å². The quantitative estimate of drug-likeness (QED) is 0.542. The fraction of sp³-hybridized carbons (Fsp3) is 0.652. The number of hydrogen-bond acceptors (Lipinski definition) is 2. The molecular formula is C23H34N2. The fourth-order valence-electron chi connectivity index (χ4n) is 4.22. The first kappa shape index (κ1) is 18.4. The Morgan fingerprint density at radius 1 is 0.720 bits per heavy atom. The largest absolute Gasteiger partial charge is 0.257 e.